The Hall–Kier alpha value is -0.0800. The molecule has 0 aromatic heterocycles. The first-order valence-electron chi connectivity index (χ1n) is 2.54. The van der Waals surface area contributed by atoms with Gasteiger partial charge in [-0.1, -0.05) is 6.92 Å². The van der Waals surface area contributed by atoms with Gasteiger partial charge in [-0.3, -0.25) is 0 Å². The predicted molar refractivity (Wildman–Crippen MR) is 28.0 cm³/mol. The van der Waals surface area contributed by atoms with E-state index in [1.165, 1.54) is 0 Å². The molecule has 0 aliphatic carbocycles. The molecule has 0 fully saturated rings. The van der Waals surface area contributed by atoms with Crippen LogP contribution in [0.5, 0.6) is 0 Å². The molecule has 0 spiro atoms. The van der Waals surface area contributed by atoms with E-state index >= 15 is 0 Å². The first-order chi connectivity index (χ1) is 3.18. The lowest BCUT2D eigenvalue weighted by molar-refractivity contribution is 0.0294. The van der Waals surface area contributed by atoms with Crippen LogP contribution in [-0.4, -0.2) is 22.4 Å². The number of aliphatic hydroxyl groups is 2. The summed E-state index contributed by atoms with van der Waals surface area (Å²) in [6, 6.07) is 0. The Bertz CT molecular complexity index is 43.3. The minimum absolute atomic E-state index is 0.542. The highest BCUT2D eigenvalue weighted by Gasteiger charge is 2.05. The second-order valence-corrected chi connectivity index (χ2v) is 1.72. The maximum atomic E-state index is 8.69. The zero-order valence-corrected chi connectivity index (χ0v) is 4.76. The summed E-state index contributed by atoms with van der Waals surface area (Å²) >= 11 is 0. The second-order valence-electron chi connectivity index (χ2n) is 1.72. The van der Waals surface area contributed by atoms with E-state index in [2.05, 4.69) is 0 Å². The monoisotopic (exact) mass is 104 g/mol. The number of hydrogen-bond acceptors (Lipinski definition) is 2. The molecule has 0 aromatic rings. The maximum absolute atomic E-state index is 8.69. The van der Waals surface area contributed by atoms with E-state index in [4.69, 9.17) is 10.2 Å². The van der Waals surface area contributed by atoms with Crippen molar-refractivity contribution in [2.75, 3.05) is 0 Å². The zero-order valence-electron chi connectivity index (χ0n) is 4.76. The molecule has 0 heterocycles. The molecule has 0 saturated carbocycles. The van der Waals surface area contributed by atoms with E-state index in [-0.39, 0.29) is 0 Å². The van der Waals surface area contributed by atoms with E-state index in [0.717, 1.165) is 0 Å². The third-order valence-electron chi connectivity index (χ3n) is 0.975. The normalized spacial score (nSPS) is 18.9. The quantitative estimate of drug-likeness (QED) is 0.523. The molecule has 0 aliphatic rings. The molecule has 2 heteroatoms. The van der Waals surface area contributed by atoms with E-state index in [9.17, 15) is 0 Å². The highest BCUT2D eigenvalue weighted by molar-refractivity contribution is 4.56. The van der Waals surface area contributed by atoms with Gasteiger partial charge < -0.3 is 10.2 Å². The molecule has 0 aromatic carbocycles. The minimum Gasteiger partial charge on any atom is -0.391 e. The second kappa shape index (κ2) is 2.99. The fourth-order valence-electron chi connectivity index (χ4n) is 0.341. The van der Waals surface area contributed by atoms with Crippen LogP contribution >= 0.6 is 0 Å². The summed E-state index contributed by atoms with van der Waals surface area (Å²) in [6.07, 6.45) is -0.498. The van der Waals surface area contributed by atoms with Crippen LogP contribution in [-0.2, 0) is 0 Å². The van der Waals surface area contributed by atoms with Gasteiger partial charge >= 0.3 is 0 Å². The van der Waals surface area contributed by atoms with Gasteiger partial charge in [-0.2, -0.15) is 0 Å². The molecule has 0 rings (SSSR count). The van der Waals surface area contributed by atoms with Crippen LogP contribution in [0.3, 0.4) is 0 Å². The van der Waals surface area contributed by atoms with Crippen LogP contribution in [0.25, 0.3) is 0 Å². The summed E-state index contributed by atoms with van der Waals surface area (Å²) in [5, 5.41) is 17.3. The summed E-state index contributed by atoms with van der Waals surface area (Å²) < 4.78 is 0. The lowest BCUT2D eigenvalue weighted by Gasteiger charge is -2.08. The molecular weight excluding hydrogens is 92.1 g/mol. The Morgan fingerprint density at radius 2 is 1.86 bits per heavy atom. The molecule has 0 aliphatic heterocycles. The van der Waals surface area contributed by atoms with Crippen molar-refractivity contribution in [1.82, 2.24) is 0 Å². The Morgan fingerprint density at radius 1 is 1.43 bits per heavy atom. The number of hydrogen-bond donors (Lipinski definition) is 2. The van der Waals surface area contributed by atoms with Gasteiger partial charge in [0.1, 0.15) is 0 Å². The summed E-state index contributed by atoms with van der Waals surface area (Å²) in [4.78, 5) is 0. The Labute approximate surface area is 43.8 Å². The van der Waals surface area contributed by atoms with E-state index < -0.39 is 12.2 Å². The molecule has 44 valence electrons. The van der Waals surface area contributed by atoms with E-state index in [1.807, 2.05) is 6.92 Å². The van der Waals surface area contributed by atoms with Crippen molar-refractivity contribution in [1.29, 1.82) is 0 Å². The van der Waals surface area contributed by atoms with Gasteiger partial charge in [-0.05, 0) is 13.3 Å². The molecule has 2 atom stereocenters. The molecule has 0 bridgehead atoms. The fraction of sp³-hybridized carbons (Fsp3) is 1.00. The van der Waals surface area contributed by atoms with Crippen molar-refractivity contribution >= 4 is 0 Å². The van der Waals surface area contributed by atoms with Crippen LogP contribution in [0.15, 0.2) is 0 Å². The highest BCUT2D eigenvalue weighted by atomic mass is 16.3. The lowest BCUT2D eigenvalue weighted by atomic mass is 10.2. The average molecular weight is 104 g/mol. The smallest absolute Gasteiger partial charge is 0.0793 e. The Morgan fingerprint density at radius 3 is 1.86 bits per heavy atom. The third-order valence-corrected chi connectivity index (χ3v) is 0.975. The van der Waals surface area contributed by atoms with Crippen LogP contribution in [0.1, 0.15) is 20.3 Å². The van der Waals surface area contributed by atoms with Gasteiger partial charge in [0.15, 0.2) is 0 Å². The van der Waals surface area contributed by atoms with Gasteiger partial charge in [0, 0.05) is 0 Å². The molecule has 2 nitrogen and oxygen atoms in total. The van der Waals surface area contributed by atoms with Crippen LogP contribution in [0, 0.1) is 0 Å². The van der Waals surface area contributed by atoms with Crippen molar-refractivity contribution < 1.29 is 10.2 Å². The molecule has 7 heavy (non-hydrogen) atoms. The van der Waals surface area contributed by atoms with Gasteiger partial charge in [0.05, 0.1) is 12.2 Å². The van der Waals surface area contributed by atoms with Crippen LogP contribution in [0.2, 0.25) is 0 Å². The van der Waals surface area contributed by atoms with Gasteiger partial charge in [0.25, 0.3) is 0 Å². The Balaban J connectivity index is 3.14. The predicted octanol–water partition coefficient (Wildman–Crippen LogP) is 0.138. The average Bonchev–Trinajstić information content (AvgIpc) is 1.65. The number of rotatable bonds is 2. The molecule has 0 amide bonds. The number of aliphatic hydroxyl groups excluding tert-OH is 2. The van der Waals surface area contributed by atoms with Gasteiger partial charge in [-0.15, -0.1) is 0 Å². The topological polar surface area (TPSA) is 40.5 Å². The summed E-state index contributed by atoms with van der Waals surface area (Å²) in [5.41, 5.74) is 0. The van der Waals surface area contributed by atoms with Crippen LogP contribution < -0.4 is 0 Å². The molecule has 0 radical (unpaired) electrons. The van der Waals surface area contributed by atoms with Gasteiger partial charge in [-0.25, -0.2) is 0 Å². The van der Waals surface area contributed by atoms with Crippen molar-refractivity contribution in [2.24, 2.45) is 0 Å². The first-order valence-corrected chi connectivity index (χ1v) is 2.54. The zero-order chi connectivity index (χ0) is 5.86. The first kappa shape index (κ1) is 6.92. The van der Waals surface area contributed by atoms with Crippen molar-refractivity contribution in [3.63, 3.8) is 0 Å². The summed E-state index contributed by atoms with van der Waals surface area (Å²) in [5.74, 6) is 0. The Kier molecular flexibility index (Phi) is 2.96. The third kappa shape index (κ3) is 2.60. The molecule has 2 N–H and O–H groups in total. The summed E-state index contributed by atoms with van der Waals surface area (Å²) in [7, 11) is 0. The van der Waals surface area contributed by atoms with Gasteiger partial charge in [0.2, 0.25) is 0 Å². The maximum Gasteiger partial charge on any atom is 0.0793 e. The van der Waals surface area contributed by atoms with E-state index in [1.54, 1.807) is 6.92 Å². The minimum atomic E-state index is -0.579. The van der Waals surface area contributed by atoms with Crippen molar-refractivity contribution in [3.05, 3.63) is 0 Å². The molecule has 2 unspecified atom stereocenters. The highest BCUT2D eigenvalue weighted by Crippen LogP contribution is 1.94. The van der Waals surface area contributed by atoms with E-state index in [0.29, 0.717) is 6.42 Å². The standard InChI is InChI=1S/C5H12O2/c1-3-5(7)4(2)6/h4-7H,3H2,1-2H3. The molecule has 0 saturated heterocycles. The largest absolute Gasteiger partial charge is 0.391 e. The van der Waals surface area contributed by atoms with Crippen molar-refractivity contribution in [3.8, 4) is 0 Å². The fourth-order valence-corrected chi connectivity index (χ4v) is 0.341. The SMILES string of the molecule is CCC(O)C(C)O. The van der Waals surface area contributed by atoms with Crippen LogP contribution in [0.4, 0.5) is 0 Å². The van der Waals surface area contributed by atoms with Crippen molar-refractivity contribution in [2.45, 2.75) is 32.5 Å². The molecular formula is C5H12O2. The summed E-state index contributed by atoms with van der Waals surface area (Å²) in [6.45, 7) is 3.41. The lowest BCUT2D eigenvalue weighted by Crippen LogP contribution is -2.20.